The fourth-order valence-corrected chi connectivity index (χ4v) is 2.46. The lowest BCUT2D eigenvalue weighted by Crippen LogP contribution is -2.06. The zero-order valence-corrected chi connectivity index (χ0v) is 12.2. The Morgan fingerprint density at radius 1 is 1.19 bits per heavy atom. The van der Waals surface area contributed by atoms with Crippen molar-refractivity contribution in [2.75, 3.05) is 7.11 Å². The molecule has 0 saturated carbocycles. The third kappa shape index (κ3) is 2.38. The minimum absolute atomic E-state index is 0.115. The topological polar surface area (TPSA) is 61.3 Å². The van der Waals surface area contributed by atoms with Crippen LogP contribution in [-0.2, 0) is 0 Å². The Hall–Kier alpha value is -2.33. The molecule has 0 radical (unpaired) electrons. The van der Waals surface area contributed by atoms with E-state index in [1.165, 1.54) is 0 Å². The normalized spacial score (nSPS) is 12.5. The molecule has 3 rings (SSSR count). The highest BCUT2D eigenvalue weighted by molar-refractivity contribution is 5.99. The number of aromatic nitrogens is 1. The van der Waals surface area contributed by atoms with Crippen molar-refractivity contribution in [2.45, 2.75) is 19.4 Å². The first-order valence-electron chi connectivity index (χ1n) is 7.03. The van der Waals surface area contributed by atoms with Gasteiger partial charge < -0.3 is 15.0 Å². The van der Waals surface area contributed by atoms with E-state index in [1.54, 1.807) is 7.11 Å². The molecule has 21 heavy (non-hydrogen) atoms. The van der Waals surface area contributed by atoms with Gasteiger partial charge in [-0.05, 0) is 23.9 Å². The molecule has 0 aliphatic heterocycles. The molecule has 3 aromatic rings. The Balaban J connectivity index is 2.15. The van der Waals surface area contributed by atoms with E-state index in [1.807, 2.05) is 43.3 Å². The Bertz CT molecular complexity index is 764. The van der Waals surface area contributed by atoms with E-state index < -0.39 is 0 Å². The maximum Gasteiger partial charge on any atom is 0.154 e. The van der Waals surface area contributed by atoms with Crippen molar-refractivity contribution in [3.63, 3.8) is 0 Å². The first-order valence-corrected chi connectivity index (χ1v) is 7.03. The van der Waals surface area contributed by atoms with Crippen molar-refractivity contribution in [3.8, 4) is 17.0 Å². The summed E-state index contributed by atoms with van der Waals surface area (Å²) in [5, 5.41) is 6.31. The summed E-state index contributed by atoms with van der Waals surface area (Å²) in [7, 11) is 1.68. The Kier molecular flexibility index (Phi) is 3.62. The molecule has 0 aliphatic rings. The Morgan fingerprint density at radius 3 is 2.67 bits per heavy atom. The third-order valence-corrected chi connectivity index (χ3v) is 3.71. The lowest BCUT2D eigenvalue weighted by atomic mass is 10.0. The summed E-state index contributed by atoms with van der Waals surface area (Å²) in [6.45, 7) is 2.02. The van der Waals surface area contributed by atoms with Crippen molar-refractivity contribution >= 4 is 10.8 Å². The molecule has 4 heteroatoms. The Morgan fingerprint density at radius 2 is 1.95 bits per heavy atom. The van der Waals surface area contributed by atoms with Crippen LogP contribution in [-0.4, -0.2) is 12.3 Å². The van der Waals surface area contributed by atoms with Crippen LogP contribution in [0.2, 0.25) is 0 Å². The smallest absolute Gasteiger partial charge is 0.154 e. The van der Waals surface area contributed by atoms with Gasteiger partial charge in [-0.3, -0.25) is 0 Å². The van der Waals surface area contributed by atoms with Crippen LogP contribution in [0.4, 0.5) is 0 Å². The second-order valence-corrected chi connectivity index (χ2v) is 4.99. The van der Waals surface area contributed by atoms with E-state index in [4.69, 9.17) is 15.0 Å². The van der Waals surface area contributed by atoms with Crippen LogP contribution in [0.15, 0.2) is 47.0 Å². The van der Waals surface area contributed by atoms with Gasteiger partial charge in [0.2, 0.25) is 0 Å². The summed E-state index contributed by atoms with van der Waals surface area (Å²) < 4.78 is 10.8. The van der Waals surface area contributed by atoms with Gasteiger partial charge in [0, 0.05) is 17.0 Å². The lowest BCUT2D eigenvalue weighted by molar-refractivity contribution is 0.360. The second kappa shape index (κ2) is 5.58. The molecule has 1 atom stereocenters. The number of hydrogen-bond donors (Lipinski definition) is 1. The summed E-state index contributed by atoms with van der Waals surface area (Å²) >= 11 is 0. The van der Waals surface area contributed by atoms with Gasteiger partial charge in [-0.15, -0.1) is 0 Å². The fraction of sp³-hybridized carbons (Fsp3) is 0.235. The average molecular weight is 282 g/mol. The van der Waals surface area contributed by atoms with E-state index in [2.05, 4.69) is 11.2 Å². The van der Waals surface area contributed by atoms with Crippen molar-refractivity contribution in [2.24, 2.45) is 5.73 Å². The van der Waals surface area contributed by atoms with E-state index in [0.717, 1.165) is 34.2 Å². The standard InChI is InChI=1S/C17H18N2O2/c1-3-14(18)17-10-15(19-21-17)12-8-9-16(20-2)13-7-5-4-6-11(12)13/h4-10,14H,3,18H2,1-2H3. The number of nitrogens with zero attached hydrogens (tertiary/aromatic N) is 1. The lowest BCUT2D eigenvalue weighted by Gasteiger charge is -2.08. The highest BCUT2D eigenvalue weighted by Crippen LogP contribution is 2.34. The van der Waals surface area contributed by atoms with Gasteiger partial charge in [0.05, 0.1) is 13.2 Å². The van der Waals surface area contributed by atoms with Gasteiger partial charge in [0.1, 0.15) is 11.4 Å². The summed E-state index contributed by atoms with van der Waals surface area (Å²) in [6, 6.07) is 13.8. The number of rotatable bonds is 4. The van der Waals surface area contributed by atoms with Gasteiger partial charge in [-0.1, -0.05) is 36.3 Å². The molecule has 1 heterocycles. The van der Waals surface area contributed by atoms with Crippen molar-refractivity contribution in [3.05, 3.63) is 48.2 Å². The highest BCUT2D eigenvalue weighted by Gasteiger charge is 2.14. The van der Waals surface area contributed by atoms with Crippen LogP contribution in [0.25, 0.3) is 22.0 Å². The molecule has 0 fully saturated rings. The summed E-state index contributed by atoms with van der Waals surface area (Å²) in [4.78, 5) is 0. The number of nitrogens with two attached hydrogens (primary N) is 1. The molecule has 2 aromatic carbocycles. The molecule has 2 N–H and O–H groups in total. The maximum atomic E-state index is 5.99. The molecule has 1 aromatic heterocycles. The molecule has 0 bridgehead atoms. The van der Waals surface area contributed by atoms with Crippen LogP contribution in [0.5, 0.6) is 5.75 Å². The molecule has 1 unspecified atom stereocenters. The summed E-state index contributed by atoms with van der Waals surface area (Å²) in [5.41, 5.74) is 7.81. The van der Waals surface area contributed by atoms with Crippen molar-refractivity contribution < 1.29 is 9.26 Å². The minimum atomic E-state index is -0.115. The average Bonchev–Trinajstić information content (AvgIpc) is 3.02. The van der Waals surface area contributed by atoms with E-state index in [-0.39, 0.29) is 6.04 Å². The van der Waals surface area contributed by atoms with E-state index >= 15 is 0 Å². The van der Waals surface area contributed by atoms with Gasteiger partial charge >= 0.3 is 0 Å². The van der Waals surface area contributed by atoms with Crippen molar-refractivity contribution in [1.29, 1.82) is 0 Å². The zero-order chi connectivity index (χ0) is 14.8. The minimum Gasteiger partial charge on any atom is -0.496 e. The molecule has 0 amide bonds. The molecular weight excluding hydrogens is 264 g/mol. The monoisotopic (exact) mass is 282 g/mol. The molecule has 0 spiro atoms. The number of hydrogen-bond acceptors (Lipinski definition) is 4. The van der Waals surface area contributed by atoms with Crippen LogP contribution in [0.1, 0.15) is 25.1 Å². The van der Waals surface area contributed by atoms with Gasteiger partial charge in [0.25, 0.3) is 0 Å². The largest absolute Gasteiger partial charge is 0.496 e. The van der Waals surface area contributed by atoms with Crippen LogP contribution in [0, 0.1) is 0 Å². The first-order chi connectivity index (χ1) is 10.2. The van der Waals surface area contributed by atoms with Gasteiger partial charge in [-0.2, -0.15) is 0 Å². The molecule has 0 aliphatic carbocycles. The number of benzene rings is 2. The SMILES string of the molecule is CCC(N)c1cc(-c2ccc(OC)c3ccccc23)no1. The van der Waals surface area contributed by atoms with Crippen LogP contribution >= 0.6 is 0 Å². The predicted octanol–water partition coefficient (Wildman–Crippen LogP) is 3.91. The number of fused-ring (bicyclic) bond motifs is 1. The Labute approximate surface area is 123 Å². The summed E-state index contributed by atoms with van der Waals surface area (Å²) in [6.07, 6.45) is 0.817. The molecular formula is C17H18N2O2. The summed E-state index contributed by atoms with van der Waals surface area (Å²) in [5.74, 6) is 1.57. The van der Waals surface area contributed by atoms with Gasteiger partial charge in [-0.25, -0.2) is 0 Å². The van der Waals surface area contributed by atoms with Crippen LogP contribution < -0.4 is 10.5 Å². The zero-order valence-electron chi connectivity index (χ0n) is 12.2. The van der Waals surface area contributed by atoms with E-state index in [9.17, 15) is 0 Å². The van der Waals surface area contributed by atoms with Gasteiger partial charge in [0.15, 0.2) is 5.76 Å². The predicted molar refractivity (Wildman–Crippen MR) is 83.2 cm³/mol. The van der Waals surface area contributed by atoms with Crippen molar-refractivity contribution in [1.82, 2.24) is 5.16 Å². The molecule has 4 nitrogen and oxygen atoms in total. The maximum absolute atomic E-state index is 5.99. The first kappa shape index (κ1) is 13.6. The number of methoxy groups -OCH3 is 1. The van der Waals surface area contributed by atoms with Crippen LogP contribution in [0.3, 0.4) is 0 Å². The third-order valence-electron chi connectivity index (χ3n) is 3.71. The highest BCUT2D eigenvalue weighted by atomic mass is 16.5. The molecule has 108 valence electrons. The second-order valence-electron chi connectivity index (χ2n) is 4.99. The van der Waals surface area contributed by atoms with E-state index in [0.29, 0.717) is 5.76 Å². The molecule has 0 saturated heterocycles. The quantitative estimate of drug-likeness (QED) is 0.788. The fourth-order valence-electron chi connectivity index (χ4n) is 2.46. The number of ether oxygens (including phenoxy) is 1.